The molecule has 9 heteroatoms. The lowest BCUT2D eigenvalue weighted by atomic mass is 10.3. The molecular formula is C11H13BrN2O5S. The van der Waals surface area contributed by atoms with Gasteiger partial charge in [0.05, 0.1) is 18.1 Å². The van der Waals surface area contributed by atoms with E-state index in [2.05, 4.69) is 15.9 Å². The van der Waals surface area contributed by atoms with E-state index in [9.17, 15) is 18.5 Å². The van der Waals surface area contributed by atoms with Gasteiger partial charge >= 0.3 is 0 Å². The highest BCUT2D eigenvalue weighted by Gasteiger charge is 2.36. The first-order valence-electron chi connectivity index (χ1n) is 5.87. The van der Waals surface area contributed by atoms with Crippen molar-refractivity contribution in [1.29, 1.82) is 0 Å². The summed E-state index contributed by atoms with van der Waals surface area (Å²) in [7, 11) is -3.93. The highest BCUT2D eigenvalue weighted by atomic mass is 79.9. The molecule has 0 aliphatic carbocycles. The Labute approximate surface area is 124 Å². The molecule has 0 amide bonds. The summed E-state index contributed by atoms with van der Waals surface area (Å²) >= 11 is 3.15. The standard InChI is InChI=1S/C11H13BrN2O5S/c1-8-7-19-5-4-13(8)20(17,18)11-6-9(12)2-3-10(11)14(15)16/h2-3,6,8H,4-5,7H2,1H3/t8-/m1/s1. The fourth-order valence-corrected chi connectivity index (χ4v) is 4.34. The smallest absolute Gasteiger partial charge is 0.289 e. The second kappa shape index (κ2) is 5.76. The van der Waals surface area contributed by atoms with Crippen molar-refractivity contribution < 1.29 is 18.1 Å². The van der Waals surface area contributed by atoms with Crippen LogP contribution in [0.2, 0.25) is 0 Å². The number of hydrogen-bond acceptors (Lipinski definition) is 5. The molecule has 2 rings (SSSR count). The molecule has 20 heavy (non-hydrogen) atoms. The zero-order valence-electron chi connectivity index (χ0n) is 10.7. The molecule has 0 N–H and O–H groups in total. The van der Waals surface area contributed by atoms with Crippen molar-refractivity contribution in [2.75, 3.05) is 19.8 Å². The molecule has 1 aliphatic heterocycles. The topological polar surface area (TPSA) is 89.8 Å². The summed E-state index contributed by atoms with van der Waals surface area (Å²) < 4.78 is 32.2. The van der Waals surface area contributed by atoms with Gasteiger partial charge in [0.25, 0.3) is 5.69 Å². The Balaban J connectivity index is 2.53. The highest BCUT2D eigenvalue weighted by molar-refractivity contribution is 9.10. The molecule has 1 heterocycles. The molecule has 0 bridgehead atoms. The molecule has 1 aromatic carbocycles. The lowest BCUT2D eigenvalue weighted by Crippen LogP contribution is -2.47. The second-order valence-electron chi connectivity index (χ2n) is 4.41. The average molecular weight is 365 g/mol. The van der Waals surface area contributed by atoms with E-state index in [1.54, 1.807) is 6.92 Å². The summed E-state index contributed by atoms with van der Waals surface area (Å²) in [5, 5.41) is 11.0. The van der Waals surface area contributed by atoms with Crippen LogP contribution in [0.1, 0.15) is 6.92 Å². The minimum Gasteiger partial charge on any atom is -0.378 e. The minimum atomic E-state index is -3.93. The van der Waals surface area contributed by atoms with Gasteiger partial charge in [-0.1, -0.05) is 15.9 Å². The first kappa shape index (κ1) is 15.4. The van der Waals surface area contributed by atoms with Crippen LogP contribution < -0.4 is 0 Å². The molecule has 0 radical (unpaired) electrons. The van der Waals surface area contributed by atoms with Gasteiger partial charge in [0.15, 0.2) is 4.90 Å². The number of hydrogen-bond donors (Lipinski definition) is 0. The molecule has 1 fully saturated rings. The van der Waals surface area contributed by atoms with Gasteiger partial charge in [-0.25, -0.2) is 8.42 Å². The van der Waals surface area contributed by atoms with E-state index in [0.717, 1.165) is 0 Å². The SMILES string of the molecule is C[C@@H]1COCCN1S(=O)(=O)c1cc(Br)ccc1[N+](=O)[O-]. The Kier molecular flexibility index (Phi) is 4.43. The molecule has 0 aromatic heterocycles. The Hall–Kier alpha value is -1.03. The van der Waals surface area contributed by atoms with Crippen molar-refractivity contribution in [3.8, 4) is 0 Å². The number of rotatable bonds is 3. The van der Waals surface area contributed by atoms with Crippen molar-refractivity contribution >= 4 is 31.6 Å². The Morgan fingerprint density at radius 1 is 1.50 bits per heavy atom. The van der Waals surface area contributed by atoms with Gasteiger partial charge in [-0.15, -0.1) is 0 Å². The van der Waals surface area contributed by atoms with Gasteiger partial charge in [-0.05, 0) is 19.1 Å². The van der Waals surface area contributed by atoms with Crippen LogP contribution in [0.3, 0.4) is 0 Å². The van der Waals surface area contributed by atoms with E-state index in [0.29, 0.717) is 4.47 Å². The number of halogens is 1. The van der Waals surface area contributed by atoms with Gasteiger partial charge in [0.2, 0.25) is 10.0 Å². The molecule has 1 atom stereocenters. The molecule has 7 nitrogen and oxygen atoms in total. The third-order valence-electron chi connectivity index (χ3n) is 3.01. The Bertz CT molecular complexity index is 634. The van der Waals surface area contributed by atoms with Gasteiger partial charge in [-0.3, -0.25) is 10.1 Å². The van der Waals surface area contributed by atoms with E-state index in [4.69, 9.17) is 4.74 Å². The predicted molar refractivity (Wildman–Crippen MR) is 75.0 cm³/mol. The third-order valence-corrected chi connectivity index (χ3v) is 5.55. The quantitative estimate of drug-likeness (QED) is 0.602. The number of morpholine rings is 1. The van der Waals surface area contributed by atoms with Crippen LogP contribution in [-0.2, 0) is 14.8 Å². The molecule has 0 unspecified atom stereocenters. The van der Waals surface area contributed by atoms with Crippen molar-refractivity contribution in [3.05, 3.63) is 32.8 Å². The number of ether oxygens (including phenoxy) is 1. The maximum absolute atomic E-state index is 12.6. The largest absolute Gasteiger partial charge is 0.378 e. The molecule has 1 aromatic rings. The third kappa shape index (κ3) is 2.85. The highest BCUT2D eigenvalue weighted by Crippen LogP contribution is 2.31. The fourth-order valence-electron chi connectivity index (χ4n) is 2.04. The summed E-state index contributed by atoms with van der Waals surface area (Å²) in [5.41, 5.74) is -0.424. The number of benzene rings is 1. The lowest BCUT2D eigenvalue weighted by molar-refractivity contribution is -0.387. The summed E-state index contributed by atoms with van der Waals surface area (Å²) in [5.74, 6) is 0. The predicted octanol–water partition coefficient (Wildman–Crippen LogP) is 1.77. The summed E-state index contributed by atoms with van der Waals surface area (Å²) in [4.78, 5) is 10.0. The van der Waals surface area contributed by atoms with Crippen molar-refractivity contribution in [2.45, 2.75) is 17.9 Å². The van der Waals surface area contributed by atoms with Crippen molar-refractivity contribution in [1.82, 2.24) is 4.31 Å². The lowest BCUT2D eigenvalue weighted by Gasteiger charge is -2.32. The zero-order chi connectivity index (χ0) is 14.9. The van der Waals surface area contributed by atoms with E-state index in [1.807, 2.05) is 0 Å². The van der Waals surface area contributed by atoms with Crippen LogP contribution in [0, 0.1) is 10.1 Å². The normalized spacial score (nSPS) is 20.8. The maximum Gasteiger partial charge on any atom is 0.289 e. The molecule has 110 valence electrons. The number of nitrogens with zero attached hydrogens (tertiary/aromatic N) is 2. The van der Waals surface area contributed by atoms with Crippen molar-refractivity contribution in [2.24, 2.45) is 0 Å². The number of nitro groups is 1. The van der Waals surface area contributed by atoms with Crippen LogP contribution in [0.15, 0.2) is 27.6 Å². The number of nitro benzene ring substituents is 1. The van der Waals surface area contributed by atoms with Gasteiger partial charge in [0.1, 0.15) is 0 Å². The van der Waals surface area contributed by atoms with E-state index in [1.165, 1.54) is 22.5 Å². The number of sulfonamides is 1. The summed E-state index contributed by atoms with van der Waals surface area (Å²) in [6, 6.07) is 3.53. The molecule has 1 saturated heterocycles. The molecule has 1 aliphatic rings. The van der Waals surface area contributed by atoms with E-state index < -0.39 is 20.6 Å². The molecular weight excluding hydrogens is 352 g/mol. The Morgan fingerprint density at radius 3 is 2.80 bits per heavy atom. The average Bonchev–Trinajstić information content (AvgIpc) is 2.38. The van der Waals surface area contributed by atoms with Crippen LogP contribution in [0.5, 0.6) is 0 Å². The molecule has 0 spiro atoms. The summed E-state index contributed by atoms with van der Waals surface area (Å²) in [6.45, 7) is 2.46. The fraction of sp³-hybridized carbons (Fsp3) is 0.455. The summed E-state index contributed by atoms with van der Waals surface area (Å²) in [6.07, 6.45) is 0. The van der Waals surface area contributed by atoms with Gasteiger partial charge in [-0.2, -0.15) is 4.31 Å². The minimum absolute atomic E-state index is 0.188. The van der Waals surface area contributed by atoms with E-state index >= 15 is 0 Å². The van der Waals surface area contributed by atoms with Crippen LogP contribution >= 0.6 is 15.9 Å². The van der Waals surface area contributed by atoms with Gasteiger partial charge in [0, 0.05) is 23.1 Å². The first-order chi connectivity index (χ1) is 9.34. The van der Waals surface area contributed by atoms with Crippen molar-refractivity contribution in [3.63, 3.8) is 0 Å². The zero-order valence-corrected chi connectivity index (χ0v) is 13.1. The maximum atomic E-state index is 12.6. The van der Waals surface area contributed by atoms with Crippen LogP contribution in [-0.4, -0.2) is 43.4 Å². The van der Waals surface area contributed by atoms with E-state index in [-0.39, 0.29) is 30.7 Å². The van der Waals surface area contributed by atoms with Crippen LogP contribution in [0.4, 0.5) is 5.69 Å². The first-order valence-corrected chi connectivity index (χ1v) is 8.11. The molecule has 0 saturated carbocycles. The Morgan fingerprint density at radius 2 is 2.20 bits per heavy atom. The second-order valence-corrected chi connectivity index (χ2v) is 7.18. The van der Waals surface area contributed by atoms with Gasteiger partial charge < -0.3 is 4.74 Å². The van der Waals surface area contributed by atoms with Crippen LogP contribution in [0.25, 0.3) is 0 Å². The monoisotopic (exact) mass is 364 g/mol.